The van der Waals surface area contributed by atoms with Gasteiger partial charge in [0, 0.05) is 21.8 Å². The van der Waals surface area contributed by atoms with Gasteiger partial charge in [0.25, 0.3) is 5.91 Å². The van der Waals surface area contributed by atoms with Crippen LogP contribution in [0.4, 0.5) is 5.69 Å². The summed E-state index contributed by atoms with van der Waals surface area (Å²) >= 11 is 6.06. The normalized spacial score (nSPS) is 17.0. The van der Waals surface area contributed by atoms with Crippen molar-refractivity contribution in [1.82, 2.24) is 0 Å². The molecule has 0 atom stereocenters. The third-order valence-corrected chi connectivity index (χ3v) is 6.58. The monoisotopic (exact) mass is 425 g/mol. The van der Waals surface area contributed by atoms with E-state index in [1.54, 1.807) is 6.07 Å². The number of benzene rings is 2. The van der Waals surface area contributed by atoms with Gasteiger partial charge in [-0.25, -0.2) is 0 Å². The van der Waals surface area contributed by atoms with Crippen LogP contribution in [-0.4, -0.2) is 37.1 Å². The first kappa shape index (κ1) is 21.0. The minimum absolute atomic E-state index is 0.147. The predicted octanol–water partition coefficient (Wildman–Crippen LogP) is 5.66. The first-order chi connectivity index (χ1) is 14.4. The Kier molecular flexibility index (Phi) is 6.16. The zero-order chi connectivity index (χ0) is 21.1. The quantitative estimate of drug-likeness (QED) is 0.627. The van der Waals surface area contributed by atoms with Gasteiger partial charge in [-0.2, -0.15) is 0 Å². The number of hydrogen-bond acceptors (Lipinski definition) is 2. The summed E-state index contributed by atoms with van der Waals surface area (Å²) in [4.78, 5) is 12.7. The van der Waals surface area contributed by atoms with Crippen LogP contribution in [0.15, 0.2) is 48.0 Å². The molecule has 0 unspecified atom stereocenters. The molecule has 0 radical (unpaired) electrons. The molecule has 0 spiro atoms. The second kappa shape index (κ2) is 8.83. The highest BCUT2D eigenvalue weighted by Gasteiger charge is 2.29. The highest BCUT2D eigenvalue weighted by atomic mass is 35.5. The van der Waals surface area contributed by atoms with Gasteiger partial charge in [-0.15, -0.1) is 0 Å². The van der Waals surface area contributed by atoms with E-state index >= 15 is 0 Å². The smallest absolute Gasteiger partial charge is 0.255 e. The summed E-state index contributed by atoms with van der Waals surface area (Å²) < 4.78 is 6.72. The Morgan fingerprint density at radius 1 is 1.10 bits per heavy atom. The van der Waals surface area contributed by atoms with Crippen molar-refractivity contribution in [1.29, 1.82) is 0 Å². The number of nitrogens with zero attached hydrogens (tertiary/aromatic N) is 1. The van der Waals surface area contributed by atoms with Gasteiger partial charge in [0.1, 0.15) is 18.9 Å². The van der Waals surface area contributed by atoms with Crippen LogP contribution in [0.25, 0.3) is 6.08 Å². The molecule has 1 amide bonds. The number of quaternary nitrogens is 1. The van der Waals surface area contributed by atoms with Crippen molar-refractivity contribution in [3.8, 4) is 5.75 Å². The van der Waals surface area contributed by atoms with Crippen molar-refractivity contribution in [3.05, 3.63) is 64.2 Å². The highest BCUT2D eigenvalue weighted by molar-refractivity contribution is 6.30. The number of nitrogens with one attached hydrogen (secondary N) is 1. The summed E-state index contributed by atoms with van der Waals surface area (Å²) in [6.07, 6.45) is 8.59. The molecule has 1 fully saturated rings. The Labute approximate surface area is 184 Å². The molecular weight excluding hydrogens is 396 g/mol. The Morgan fingerprint density at radius 2 is 1.83 bits per heavy atom. The fourth-order valence-electron chi connectivity index (χ4n) is 4.56. The predicted molar refractivity (Wildman–Crippen MR) is 123 cm³/mol. The Morgan fingerprint density at radius 3 is 2.57 bits per heavy atom. The summed E-state index contributed by atoms with van der Waals surface area (Å²) in [5.41, 5.74) is 3.51. The molecular formula is C25H30ClN2O2+. The third-order valence-electron chi connectivity index (χ3n) is 6.34. The average molecular weight is 426 g/mol. The molecule has 1 N–H and O–H groups in total. The molecule has 1 aliphatic carbocycles. The third kappa shape index (κ3) is 4.88. The largest absolute Gasteiger partial charge is 0.488 e. The van der Waals surface area contributed by atoms with Gasteiger partial charge in [-0.3, -0.25) is 4.79 Å². The molecule has 0 bridgehead atoms. The average Bonchev–Trinajstić information content (AvgIpc) is 2.75. The molecule has 4 nitrogen and oxygen atoms in total. The van der Waals surface area contributed by atoms with Crippen molar-refractivity contribution < 1.29 is 14.0 Å². The first-order valence-corrected chi connectivity index (χ1v) is 11.1. The number of rotatable bonds is 5. The van der Waals surface area contributed by atoms with Gasteiger partial charge in [0.2, 0.25) is 0 Å². The lowest BCUT2D eigenvalue weighted by Gasteiger charge is -2.40. The molecule has 2 aliphatic rings. The summed E-state index contributed by atoms with van der Waals surface area (Å²) in [5.74, 6) is 0.603. The van der Waals surface area contributed by atoms with Gasteiger partial charge in [-0.1, -0.05) is 30.2 Å². The molecule has 0 aromatic heterocycles. The minimum Gasteiger partial charge on any atom is -0.488 e. The van der Waals surface area contributed by atoms with Crippen molar-refractivity contribution >= 4 is 29.3 Å². The fraction of sp³-hybridized carbons (Fsp3) is 0.400. The van der Waals surface area contributed by atoms with Crippen LogP contribution < -0.4 is 10.1 Å². The number of hydrogen-bond donors (Lipinski definition) is 1. The second-order valence-electron chi connectivity index (χ2n) is 9.02. The lowest BCUT2D eigenvalue weighted by molar-refractivity contribution is -0.929. The van der Waals surface area contributed by atoms with E-state index in [0.29, 0.717) is 10.6 Å². The second-order valence-corrected chi connectivity index (χ2v) is 9.46. The van der Waals surface area contributed by atoms with Crippen molar-refractivity contribution in [2.24, 2.45) is 0 Å². The molecule has 4 rings (SSSR count). The van der Waals surface area contributed by atoms with E-state index in [9.17, 15) is 4.79 Å². The van der Waals surface area contributed by atoms with E-state index in [1.165, 1.54) is 37.7 Å². The molecule has 1 aliphatic heterocycles. The summed E-state index contributed by atoms with van der Waals surface area (Å²) in [6, 6.07) is 14.4. The molecule has 5 heteroatoms. The molecule has 30 heavy (non-hydrogen) atoms. The number of fused-ring (bicyclic) bond motifs is 1. The van der Waals surface area contributed by atoms with Crippen LogP contribution in [0.5, 0.6) is 5.75 Å². The summed E-state index contributed by atoms with van der Waals surface area (Å²) in [7, 11) is 4.68. The maximum atomic E-state index is 12.7. The number of carbonyl (C=O) groups is 1. The maximum absolute atomic E-state index is 12.7. The van der Waals surface area contributed by atoms with Crippen LogP contribution in [-0.2, 0) is 11.3 Å². The van der Waals surface area contributed by atoms with Gasteiger partial charge < -0.3 is 14.5 Å². The van der Waals surface area contributed by atoms with Crippen LogP contribution in [0.3, 0.4) is 0 Å². The highest BCUT2D eigenvalue weighted by Crippen LogP contribution is 2.30. The van der Waals surface area contributed by atoms with Gasteiger partial charge in [-0.05, 0) is 62.1 Å². The number of halogens is 1. The van der Waals surface area contributed by atoms with Crippen LogP contribution >= 0.6 is 11.6 Å². The number of anilines is 1. The molecule has 2 aromatic carbocycles. The van der Waals surface area contributed by atoms with Crippen LogP contribution in [0, 0.1) is 0 Å². The van der Waals surface area contributed by atoms with E-state index in [0.717, 1.165) is 34.1 Å². The van der Waals surface area contributed by atoms with E-state index in [1.807, 2.05) is 30.3 Å². The standard InChI is InChI=1S/C25H29ClN2O2/c1-28(2,23-6-4-3-5-7-23)16-18-8-11-22(12-9-18)27-25(29)20-14-19-15-21(26)10-13-24(19)30-17-20/h8-15,23H,3-7,16-17H2,1-2H3/p+1. The van der Waals surface area contributed by atoms with Gasteiger partial charge in [0.15, 0.2) is 0 Å². The molecule has 1 saturated carbocycles. The topological polar surface area (TPSA) is 38.3 Å². The zero-order valence-electron chi connectivity index (χ0n) is 17.8. The van der Waals surface area contributed by atoms with Gasteiger partial charge >= 0.3 is 0 Å². The molecule has 0 saturated heterocycles. The molecule has 2 aromatic rings. The SMILES string of the molecule is C[N+](C)(Cc1ccc(NC(=O)C2=Cc3cc(Cl)ccc3OC2)cc1)C1CCCCC1. The fourth-order valence-corrected chi connectivity index (χ4v) is 4.74. The van der Waals surface area contributed by atoms with Crippen LogP contribution in [0.2, 0.25) is 5.02 Å². The van der Waals surface area contributed by atoms with E-state index in [-0.39, 0.29) is 12.5 Å². The maximum Gasteiger partial charge on any atom is 0.255 e. The Balaban J connectivity index is 1.39. The van der Waals surface area contributed by atoms with Crippen molar-refractivity contribution in [3.63, 3.8) is 0 Å². The van der Waals surface area contributed by atoms with Crippen LogP contribution in [0.1, 0.15) is 43.2 Å². The number of ether oxygens (including phenoxy) is 1. The molecule has 1 heterocycles. The number of carbonyl (C=O) groups excluding carboxylic acids is 1. The van der Waals surface area contributed by atoms with Crippen molar-refractivity contribution in [2.45, 2.75) is 44.7 Å². The van der Waals surface area contributed by atoms with Crippen molar-refractivity contribution in [2.75, 3.05) is 26.0 Å². The van der Waals surface area contributed by atoms with Gasteiger partial charge in [0.05, 0.1) is 25.7 Å². The lowest BCUT2D eigenvalue weighted by Crippen LogP contribution is -2.48. The van der Waals surface area contributed by atoms with E-state index in [4.69, 9.17) is 16.3 Å². The molecule has 158 valence electrons. The first-order valence-electron chi connectivity index (χ1n) is 10.8. The number of amides is 1. The van der Waals surface area contributed by atoms with E-state index < -0.39 is 0 Å². The minimum atomic E-state index is -0.147. The summed E-state index contributed by atoms with van der Waals surface area (Å²) in [6.45, 7) is 1.26. The Hall–Kier alpha value is -2.30. The van der Waals surface area contributed by atoms with E-state index in [2.05, 4.69) is 31.5 Å². The lowest BCUT2D eigenvalue weighted by atomic mass is 9.92. The zero-order valence-corrected chi connectivity index (χ0v) is 18.5. The Bertz CT molecular complexity index is 944. The summed E-state index contributed by atoms with van der Waals surface area (Å²) in [5, 5.41) is 3.61.